The fraction of sp³-hybridized carbons (Fsp3) is 0.0769. The van der Waals surface area contributed by atoms with E-state index in [0.717, 1.165) is 26.8 Å². The number of imidazole rings is 1. The summed E-state index contributed by atoms with van der Waals surface area (Å²) in [6.07, 6.45) is 1.68. The van der Waals surface area contributed by atoms with Gasteiger partial charge in [0.15, 0.2) is 5.16 Å². The van der Waals surface area contributed by atoms with Gasteiger partial charge in [0, 0.05) is 17.2 Å². The molecule has 0 aliphatic heterocycles. The first-order valence-corrected chi connectivity index (χ1v) is 6.77. The Kier molecular flexibility index (Phi) is 3.31. The molecule has 0 saturated heterocycles. The van der Waals surface area contributed by atoms with Crippen LogP contribution in [0.5, 0.6) is 5.75 Å². The summed E-state index contributed by atoms with van der Waals surface area (Å²) in [5.41, 5.74) is 1.85. The number of pyridine rings is 1. The highest BCUT2D eigenvalue weighted by Gasteiger charge is 2.06. The van der Waals surface area contributed by atoms with Crippen LogP contribution < -0.4 is 4.74 Å². The minimum absolute atomic E-state index is 0.475. The fourth-order valence-corrected chi connectivity index (χ4v) is 2.77. The maximum atomic E-state index is 5.86. The monoisotopic (exact) mass is 291 g/mol. The Labute approximate surface area is 119 Å². The van der Waals surface area contributed by atoms with Gasteiger partial charge >= 0.3 is 0 Å². The summed E-state index contributed by atoms with van der Waals surface area (Å²) in [5.74, 6) is 0.805. The molecule has 96 valence electrons. The van der Waals surface area contributed by atoms with Crippen molar-refractivity contribution in [3.63, 3.8) is 0 Å². The standard InChI is InChI=1S/C13H10ClN3OS/c1-18-8-2-3-10-11(6-8)17-13(16-10)19-9-4-5-15-12(14)7-9/h2-7H,1H3,(H,16,17). The Balaban J connectivity index is 1.93. The van der Waals surface area contributed by atoms with Gasteiger partial charge in [-0.2, -0.15) is 0 Å². The molecule has 4 nitrogen and oxygen atoms in total. The first-order valence-electron chi connectivity index (χ1n) is 5.58. The quantitative estimate of drug-likeness (QED) is 0.746. The second kappa shape index (κ2) is 5.11. The van der Waals surface area contributed by atoms with E-state index in [9.17, 15) is 0 Å². The van der Waals surface area contributed by atoms with E-state index in [1.165, 1.54) is 11.8 Å². The van der Waals surface area contributed by atoms with Crippen LogP contribution in [0.1, 0.15) is 0 Å². The molecular weight excluding hydrogens is 282 g/mol. The van der Waals surface area contributed by atoms with Crippen molar-refractivity contribution in [3.8, 4) is 5.75 Å². The number of aromatic amines is 1. The molecule has 0 aliphatic carbocycles. The van der Waals surface area contributed by atoms with E-state index in [0.29, 0.717) is 5.15 Å². The number of methoxy groups -OCH3 is 1. The zero-order chi connectivity index (χ0) is 13.2. The Bertz CT molecular complexity index is 729. The minimum Gasteiger partial charge on any atom is -0.497 e. The van der Waals surface area contributed by atoms with E-state index in [1.807, 2.05) is 24.3 Å². The lowest BCUT2D eigenvalue weighted by atomic mass is 10.3. The highest BCUT2D eigenvalue weighted by atomic mass is 35.5. The van der Waals surface area contributed by atoms with Gasteiger partial charge in [0.05, 0.1) is 18.1 Å². The lowest BCUT2D eigenvalue weighted by Gasteiger charge is -1.97. The molecular formula is C13H10ClN3OS. The second-order valence-electron chi connectivity index (χ2n) is 3.84. The molecule has 1 aromatic carbocycles. The third kappa shape index (κ3) is 2.67. The van der Waals surface area contributed by atoms with Crippen LogP contribution >= 0.6 is 23.4 Å². The van der Waals surface area contributed by atoms with E-state index < -0.39 is 0 Å². The van der Waals surface area contributed by atoms with E-state index in [-0.39, 0.29) is 0 Å². The summed E-state index contributed by atoms with van der Waals surface area (Å²) in [5, 5.41) is 1.29. The van der Waals surface area contributed by atoms with E-state index >= 15 is 0 Å². The molecule has 0 atom stereocenters. The van der Waals surface area contributed by atoms with Crippen molar-refractivity contribution in [3.05, 3.63) is 41.7 Å². The first-order chi connectivity index (χ1) is 9.24. The minimum atomic E-state index is 0.475. The number of aromatic nitrogens is 3. The van der Waals surface area contributed by atoms with Crippen LogP contribution in [0.4, 0.5) is 0 Å². The van der Waals surface area contributed by atoms with Crippen LogP contribution in [-0.4, -0.2) is 22.1 Å². The molecule has 0 unspecified atom stereocenters. The molecule has 0 fully saturated rings. The number of nitrogens with zero attached hydrogens (tertiary/aromatic N) is 2. The maximum Gasteiger partial charge on any atom is 0.171 e. The molecule has 1 N–H and O–H groups in total. The molecule has 0 radical (unpaired) electrons. The molecule has 2 aromatic heterocycles. The summed E-state index contributed by atoms with van der Waals surface area (Å²) >= 11 is 7.37. The van der Waals surface area contributed by atoms with Gasteiger partial charge in [-0.3, -0.25) is 0 Å². The number of benzene rings is 1. The number of ether oxygens (including phenoxy) is 1. The lowest BCUT2D eigenvalue weighted by molar-refractivity contribution is 0.415. The maximum absolute atomic E-state index is 5.86. The van der Waals surface area contributed by atoms with Crippen molar-refractivity contribution in [1.29, 1.82) is 0 Å². The van der Waals surface area contributed by atoms with Gasteiger partial charge in [-0.05, 0) is 24.3 Å². The molecule has 19 heavy (non-hydrogen) atoms. The highest BCUT2D eigenvalue weighted by molar-refractivity contribution is 7.99. The Morgan fingerprint density at radius 3 is 2.95 bits per heavy atom. The number of fused-ring (bicyclic) bond motifs is 1. The van der Waals surface area contributed by atoms with Crippen molar-refractivity contribution >= 4 is 34.4 Å². The Morgan fingerprint density at radius 1 is 1.26 bits per heavy atom. The highest BCUT2D eigenvalue weighted by Crippen LogP contribution is 2.29. The molecule has 0 spiro atoms. The molecule has 0 bridgehead atoms. The normalized spacial score (nSPS) is 10.8. The average molecular weight is 292 g/mol. The van der Waals surface area contributed by atoms with Gasteiger partial charge in [-0.1, -0.05) is 23.4 Å². The molecule has 0 amide bonds. The van der Waals surface area contributed by atoms with Crippen molar-refractivity contribution in [2.45, 2.75) is 10.1 Å². The molecule has 6 heteroatoms. The van der Waals surface area contributed by atoms with E-state index in [1.54, 1.807) is 19.4 Å². The van der Waals surface area contributed by atoms with Gasteiger partial charge < -0.3 is 9.72 Å². The number of hydrogen-bond donors (Lipinski definition) is 1. The smallest absolute Gasteiger partial charge is 0.171 e. The Hall–Kier alpha value is -1.72. The number of halogens is 1. The number of hydrogen-bond acceptors (Lipinski definition) is 4. The summed E-state index contributed by atoms with van der Waals surface area (Å²) in [7, 11) is 1.65. The average Bonchev–Trinajstić information content (AvgIpc) is 2.79. The zero-order valence-corrected chi connectivity index (χ0v) is 11.6. The van der Waals surface area contributed by atoms with Gasteiger partial charge in [0.1, 0.15) is 10.9 Å². The second-order valence-corrected chi connectivity index (χ2v) is 5.29. The van der Waals surface area contributed by atoms with Crippen molar-refractivity contribution < 1.29 is 4.74 Å². The van der Waals surface area contributed by atoms with Gasteiger partial charge in [-0.25, -0.2) is 9.97 Å². The summed E-state index contributed by atoms with van der Waals surface area (Å²) in [6, 6.07) is 9.44. The Morgan fingerprint density at radius 2 is 2.16 bits per heavy atom. The topological polar surface area (TPSA) is 50.8 Å². The lowest BCUT2D eigenvalue weighted by Crippen LogP contribution is -1.81. The molecule has 3 rings (SSSR count). The van der Waals surface area contributed by atoms with E-state index in [4.69, 9.17) is 16.3 Å². The van der Waals surface area contributed by atoms with Crippen LogP contribution in [0.15, 0.2) is 46.6 Å². The molecule has 0 saturated carbocycles. The third-order valence-electron chi connectivity index (χ3n) is 2.58. The SMILES string of the molecule is COc1ccc2nc(Sc3ccnc(Cl)c3)[nH]c2c1. The number of rotatable bonds is 3. The fourth-order valence-electron chi connectivity index (χ4n) is 1.70. The van der Waals surface area contributed by atoms with E-state index in [2.05, 4.69) is 15.0 Å². The predicted molar refractivity (Wildman–Crippen MR) is 76.0 cm³/mol. The van der Waals surface area contributed by atoms with Crippen LogP contribution in [-0.2, 0) is 0 Å². The van der Waals surface area contributed by atoms with Gasteiger partial charge in [0.2, 0.25) is 0 Å². The van der Waals surface area contributed by atoms with Gasteiger partial charge in [0.25, 0.3) is 0 Å². The van der Waals surface area contributed by atoms with Gasteiger partial charge in [-0.15, -0.1) is 0 Å². The first kappa shape index (κ1) is 12.3. The summed E-state index contributed by atoms with van der Waals surface area (Å²) in [6.45, 7) is 0. The van der Waals surface area contributed by atoms with Crippen LogP contribution in [0.3, 0.4) is 0 Å². The summed E-state index contributed by atoms with van der Waals surface area (Å²) < 4.78 is 5.19. The predicted octanol–water partition coefficient (Wildman–Crippen LogP) is 3.77. The number of H-pyrrole nitrogens is 1. The van der Waals surface area contributed by atoms with Crippen molar-refractivity contribution in [2.75, 3.05) is 7.11 Å². The molecule has 3 aromatic rings. The number of nitrogens with one attached hydrogen (secondary N) is 1. The summed E-state index contributed by atoms with van der Waals surface area (Å²) in [4.78, 5) is 12.7. The largest absolute Gasteiger partial charge is 0.497 e. The van der Waals surface area contributed by atoms with Crippen LogP contribution in [0.2, 0.25) is 5.15 Å². The van der Waals surface area contributed by atoms with Crippen LogP contribution in [0, 0.1) is 0 Å². The third-order valence-corrected chi connectivity index (χ3v) is 3.66. The van der Waals surface area contributed by atoms with Crippen molar-refractivity contribution in [1.82, 2.24) is 15.0 Å². The molecule has 0 aliphatic rings. The van der Waals surface area contributed by atoms with Crippen molar-refractivity contribution in [2.24, 2.45) is 0 Å². The van der Waals surface area contributed by atoms with Crippen LogP contribution in [0.25, 0.3) is 11.0 Å². The zero-order valence-electron chi connectivity index (χ0n) is 10.1. The molecule has 2 heterocycles.